The van der Waals surface area contributed by atoms with Gasteiger partial charge < -0.3 is 128 Å². The number of nitrogens with zero attached hydrogens (tertiary/aromatic N) is 6. The number of hydrogen-bond acceptors (Lipinski definition) is 24. The van der Waals surface area contributed by atoms with Crippen LogP contribution in [0.1, 0.15) is 123 Å². The molecule has 3 saturated heterocycles. The smallest absolute Gasteiger partial charge is 0.326 e. The number of aliphatic hydroxyl groups excluding tert-OH is 2. The van der Waals surface area contributed by atoms with E-state index in [-0.39, 0.29) is 140 Å². The van der Waals surface area contributed by atoms with Gasteiger partial charge in [-0.15, -0.1) is 0 Å². The number of hydrogen-bond donors (Lipinski definition) is 23. The van der Waals surface area contributed by atoms with Crippen molar-refractivity contribution in [2.45, 2.75) is 208 Å². The predicted molar refractivity (Wildman–Crippen MR) is 393 cm³/mol. The minimum absolute atomic E-state index is 0.00751. The number of thiol groups is 2. The lowest BCUT2D eigenvalue weighted by molar-refractivity contribution is -0.149. The molecule has 4 heterocycles. The Morgan fingerprint density at radius 1 is 0.556 bits per heavy atom. The van der Waals surface area contributed by atoms with Gasteiger partial charge in [0.05, 0.1) is 32.0 Å². The largest absolute Gasteiger partial charge is 0.481 e. The number of aromatic amines is 1. The number of carbonyl (C=O) groups excluding carboxylic acids is 13. The van der Waals surface area contributed by atoms with Crippen molar-refractivity contribution in [1.82, 2.24) is 77.8 Å². The Morgan fingerprint density at radius 3 is 1.48 bits per heavy atom. The molecule has 0 aliphatic carbocycles. The molecular formula is C64H107N23O19S2. The number of nitrogens with one attached hydrogen (secondary N) is 11. The van der Waals surface area contributed by atoms with Crippen LogP contribution in [0.5, 0.6) is 0 Å². The summed E-state index contributed by atoms with van der Waals surface area (Å²) in [4.78, 5) is 224. The Morgan fingerprint density at radius 2 is 1.00 bits per heavy atom. The van der Waals surface area contributed by atoms with Crippen LogP contribution in [0.25, 0.3) is 0 Å². The van der Waals surface area contributed by atoms with E-state index >= 15 is 0 Å². The number of aromatic nitrogens is 2. The van der Waals surface area contributed by atoms with Gasteiger partial charge in [0.25, 0.3) is 0 Å². The minimum atomic E-state index is -1.82. The zero-order valence-corrected chi connectivity index (χ0v) is 62.4. The minimum Gasteiger partial charge on any atom is -0.481 e. The average molecular weight is 1570 g/mol. The van der Waals surface area contributed by atoms with Crippen LogP contribution in [-0.4, -0.2) is 294 Å². The van der Waals surface area contributed by atoms with Gasteiger partial charge in [-0.2, -0.15) is 25.3 Å². The normalized spacial score (nSPS) is 18.7. The van der Waals surface area contributed by atoms with Gasteiger partial charge in [-0.05, 0) is 103 Å². The molecule has 108 heavy (non-hydrogen) atoms. The number of carboxylic acid groups (broad SMARTS) is 2. The van der Waals surface area contributed by atoms with Gasteiger partial charge >= 0.3 is 11.9 Å². The maximum absolute atomic E-state index is 14.9. The van der Waals surface area contributed by atoms with Crippen LogP contribution in [-0.2, 0) is 78.3 Å². The number of H-pyrrole nitrogens is 1. The Labute approximate surface area is 634 Å². The molecule has 0 radical (unpaired) electrons. The zero-order valence-electron chi connectivity index (χ0n) is 60.7. The van der Waals surface area contributed by atoms with Crippen LogP contribution >= 0.6 is 25.3 Å². The first-order valence-electron chi connectivity index (χ1n) is 35.6. The molecule has 0 saturated carbocycles. The quantitative estimate of drug-likeness (QED) is 0.0125. The maximum atomic E-state index is 14.9. The van der Waals surface area contributed by atoms with E-state index in [0.29, 0.717) is 25.0 Å². The van der Waals surface area contributed by atoms with E-state index in [1.54, 1.807) is 13.8 Å². The lowest BCUT2D eigenvalue weighted by atomic mass is 9.96. The van der Waals surface area contributed by atoms with E-state index in [0.717, 1.165) is 11.8 Å². The van der Waals surface area contributed by atoms with Crippen molar-refractivity contribution in [2.75, 3.05) is 63.9 Å². The van der Waals surface area contributed by atoms with Gasteiger partial charge in [-0.25, -0.2) is 9.78 Å². The highest BCUT2D eigenvalue weighted by atomic mass is 32.1. The number of amides is 13. The number of unbranched alkanes of at least 4 members (excludes halogenated alkanes) is 1. The molecule has 42 nitrogen and oxygen atoms in total. The zero-order chi connectivity index (χ0) is 80.5. The highest BCUT2D eigenvalue weighted by Crippen LogP contribution is 2.28. The summed E-state index contributed by atoms with van der Waals surface area (Å²) >= 11 is 8.50. The highest BCUT2D eigenvalue weighted by Gasteiger charge is 2.47. The van der Waals surface area contributed by atoms with Crippen LogP contribution in [0.4, 0.5) is 0 Å². The topological polar surface area (TPSA) is 677 Å². The van der Waals surface area contributed by atoms with Gasteiger partial charge in [0.15, 0.2) is 11.9 Å². The Kier molecular flexibility index (Phi) is 38.5. The summed E-state index contributed by atoms with van der Waals surface area (Å²) in [5.74, 6) is -16.3. The molecule has 44 heteroatoms. The summed E-state index contributed by atoms with van der Waals surface area (Å²) in [6, 6.07) is -18.9. The highest BCUT2D eigenvalue weighted by molar-refractivity contribution is 7.80. The molecule has 3 fully saturated rings. The van der Waals surface area contributed by atoms with Crippen LogP contribution in [0.2, 0.25) is 0 Å². The molecule has 0 bridgehead atoms. The van der Waals surface area contributed by atoms with Crippen molar-refractivity contribution in [3.8, 4) is 0 Å². The third kappa shape index (κ3) is 28.2. The number of aliphatic hydroxyl groups is 2. The molecule has 0 unspecified atom stereocenters. The first-order chi connectivity index (χ1) is 51.2. The molecule has 27 N–H and O–H groups in total. The van der Waals surface area contributed by atoms with Crippen molar-refractivity contribution < 1.29 is 92.3 Å². The van der Waals surface area contributed by atoms with Crippen molar-refractivity contribution >= 4 is 126 Å². The Hall–Kier alpha value is -9.66. The third-order valence-corrected chi connectivity index (χ3v) is 19.0. The first-order valence-corrected chi connectivity index (χ1v) is 36.9. The fourth-order valence-corrected chi connectivity index (χ4v) is 12.8. The summed E-state index contributed by atoms with van der Waals surface area (Å²) < 4.78 is 0. The fraction of sp³-hybridized carbons (Fsp3) is 0.688. The summed E-state index contributed by atoms with van der Waals surface area (Å²) in [6.45, 7) is 3.35. The molecule has 13 amide bonds. The van der Waals surface area contributed by atoms with E-state index in [2.05, 4.69) is 98.4 Å². The molecule has 0 spiro atoms. The second-order valence-corrected chi connectivity index (χ2v) is 27.1. The Balaban J connectivity index is 1.50. The molecule has 3 aliphatic heterocycles. The first kappa shape index (κ1) is 90.7. The fourth-order valence-electron chi connectivity index (χ4n) is 12.3. The number of likely N-dealkylation sites (tertiary alicyclic amines) is 3. The van der Waals surface area contributed by atoms with Crippen molar-refractivity contribution in [2.24, 2.45) is 50.3 Å². The monoisotopic (exact) mass is 1570 g/mol. The van der Waals surface area contributed by atoms with E-state index in [1.165, 1.54) is 22.3 Å². The number of nitrogens with two attached hydrogens (primary N) is 6. The molecule has 1 aromatic heterocycles. The van der Waals surface area contributed by atoms with Crippen molar-refractivity contribution in [3.05, 3.63) is 18.2 Å². The van der Waals surface area contributed by atoms with Crippen LogP contribution in [0.15, 0.2) is 22.5 Å². The standard InChI is InChI=1S/C64H107N23O19S2/c1-4-32(2)48(83-53(96)40(28-88)80-51(94)36(12-5-6-18-65)77-58(101)49(33(3)89)84-55(98)42(30-108)82-50(93)35(75-46(90)26-66)13-7-19-72-63(67)68)61(104)87-23-11-17-45(87)60(103)86-22-10-16-44(86)56(99)76-37(14-8-20-73-64(69)70)52(95)81-41(29-107)54(97)78-38(24-34-27-71-31-74-34)59(102)85-21-9-15-43(85)57(100)79-39(62(105)106)25-47(91)92/h27,31-33,35-45,48-49,88-89,107-108H,4-26,28-30,65-66H2,1-3H3,(H,71,74)(H,75,90)(H,76,99)(H,77,101)(H,78,97)(H,79,100)(H,80,94)(H,81,95)(H,82,93)(H,83,96)(H,84,98)(H,91,92)(H,105,106)(H4,67,68,72)(H4,69,70,73)/t32-,33+,35-,36-,37-,38-,39-,40-,41-,42-,43-,44-,45-,48-,49-/m0/s1. The third-order valence-electron chi connectivity index (χ3n) is 18.3. The molecular weight excluding hydrogens is 1460 g/mol. The molecule has 604 valence electrons. The number of carbonyl (C=O) groups is 15. The average Bonchev–Trinajstić information content (AvgIpc) is 1.63. The number of aliphatic carboxylic acids is 2. The van der Waals surface area contributed by atoms with E-state index < -0.39 is 199 Å². The predicted octanol–water partition coefficient (Wildman–Crippen LogP) is -9.19. The lowest BCUT2D eigenvalue weighted by Gasteiger charge is -2.35. The number of aliphatic imine (C=N–C) groups is 2. The lowest BCUT2D eigenvalue weighted by Crippen LogP contribution is -2.62. The van der Waals surface area contributed by atoms with Gasteiger partial charge in [0.2, 0.25) is 76.8 Å². The number of guanidine groups is 2. The molecule has 0 aromatic carbocycles. The molecule has 15 atom stereocenters. The van der Waals surface area contributed by atoms with Gasteiger partial charge in [-0.1, -0.05) is 20.3 Å². The van der Waals surface area contributed by atoms with Crippen LogP contribution in [0, 0.1) is 5.92 Å². The van der Waals surface area contributed by atoms with Gasteiger partial charge in [-0.3, -0.25) is 77.1 Å². The van der Waals surface area contributed by atoms with E-state index in [4.69, 9.17) is 34.4 Å². The Bertz CT molecular complexity index is 3330. The SMILES string of the molecule is CC[C@H](C)[C@H](NC(=O)[C@H](CO)NC(=O)[C@H](CCCCN)NC(=O)[C@@H](NC(=O)[C@H](CS)NC(=O)[C@H](CCCN=C(N)N)NC(=O)CN)[C@@H](C)O)C(=O)N1CCC[C@H]1C(=O)N1CCC[C@H]1C(=O)N[C@@H](CCCN=C(N)N)C(=O)N[C@@H](CS)C(=O)N[C@@H](Cc1cnc[nH]1)C(=O)N1CCC[C@H]1C(=O)N[C@@H](CC(=O)O)C(=O)O. The van der Waals surface area contributed by atoms with Crippen molar-refractivity contribution in [3.63, 3.8) is 0 Å². The molecule has 4 rings (SSSR count). The van der Waals surface area contributed by atoms with E-state index in [1.807, 2.05) is 0 Å². The van der Waals surface area contributed by atoms with Crippen LogP contribution < -0.4 is 87.6 Å². The van der Waals surface area contributed by atoms with Crippen molar-refractivity contribution in [1.29, 1.82) is 0 Å². The second-order valence-electron chi connectivity index (χ2n) is 26.4. The summed E-state index contributed by atoms with van der Waals surface area (Å²) in [5.41, 5.74) is 33.4. The summed E-state index contributed by atoms with van der Waals surface area (Å²) in [7, 11) is 0. The number of imidazole rings is 1. The number of rotatable bonds is 46. The molecule has 1 aromatic rings. The summed E-state index contributed by atoms with van der Waals surface area (Å²) in [5, 5.41) is 65.1. The van der Waals surface area contributed by atoms with E-state index in [9.17, 15) is 92.3 Å². The van der Waals surface area contributed by atoms with Gasteiger partial charge in [0.1, 0.15) is 78.5 Å². The van der Waals surface area contributed by atoms with Gasteiger partial charge in [0, 0.05) is 62.5 Å². The maximum Gasteiger partial charge on any atom is 0.326 e. The molecule has 3 aliphatic rings. The second kappa shape index (κ2) is 45.9. The van der Waals surface area contributed by atoms with Crippen LogP contribution in [0.3, 0.4) is 0 Å². The number of carboxylic acids is 2. The summed E-state index contributed by atoms with van der Waals surface area (Å²) in [6.07, 6.45) is 2.01.